The van der Waals surface area contributed by atoms with E-state index in [0.29, 0.717) is 0 Å². The number of fused-ring (bicyclic) bond motifs is 1. The van der Waals surface area contributed by atoms with E-state index in [-0.39, 0.29) is 12.5 Å². The number of anilines is 1. The van der Waals surface area contributed by atoms with Crippen molar-refractivity contribution in [2.45, 2.75) is 0 Å². The Kier molecular flexibility index (Phi) is 5.39. The van der Waals surface area contributed by atoms with Gasteiger partial charge in [-0.2, -0.15) is 0 Å². The lowest BCUT2D eigenvalue weighted by atomic mass is 10.1. The van der Waals surface area contributed by atoms with Gasteiger partial charge < -0.3 is 9.64 Å². The molecule has 0 radical (unpaired) electrons. The summed E-state index contributed by atoms with van der Waals surface area (Å²) in [7, 11) is 1.64. The number of ether oxygens (including phenoxy) is 1. The lowest BCUT2D eigenvalue weighted by Gasteiger charge is -2.16. The first-order valence-corrected chi connectivity index (χ1v) is 8.15. The van der Waals surface area contributed by atoms with Crippen molar-refractivity contribution in [3.8, 4) is 0 Å². The number of hydrogen-bond acceptors (Lipinski definition) is 4. The molecule has 0 bridgehead atoms. The zero-order valence-electron chi connectivity index (χ0n) is 14.3. The van der Waals surface area contributed by atoms with Crippen LogP contribution in [0.15, 0.2) is 72.9 Å². The molecule has 1 heterocycles. The zero-order valence-corrected chi connectivity index (χ0v) is 14.3. The topological polar surface area (TPSA) is 59.5 Å². The molecule has 1 amide bonds. The molecule has 0 aliphatic rings. The third kappa shape index (κ3) is 4.13. The van der Waals surface area contributed by atoms with Crippen LogP contribution in [0, 0.1) is 0 Å². The van der Waals surface area contributed by atoms with Crippen LogP contribution in [0.4, 0.5) is 5.69 Å². The minimum absolute atomic E-state index is 0.301. The number of carbonyl (C=O) groups is 2. The number of hydrogen-bond donors (Lipinski definition) is 0. The second-order valence-electron chi connectivity index (χ2n) is 5.65. The maximum Gasteiger partial charge on any atom is 0.331 e. The molecule has 5 heteroatoms. The van der Waals surface area contributed by atoms with Crippen LogP contribution in [0.1, 0.15) is 5.56 Å². The number of likely N-dealkylation sites (N-methyl/N-ethyl adjacent to an activating group) is 1. The molecule has 0 aliphatic carbocycles. The first-order valence-electron chi connectivity index (χ1n) is 8.15. The predicted molar refractivity (Wildman–Crippen MR) is 102 cm³/mol. The second-order valence-corrected chi connectivity index (χ2v) is 5.65. The maximum atomic E-state index is 12.1. The Morgan fingerprint density at radius 1 is 1.04 bits per heavy atom. The fourth-order valence-electron chi connectivity index (χ4n) is 2.49. The van der Waals surface area contributed by atoms with E-state index in [1.807, 2.05) is 60.7 Å². The number of esters is 1. The molecule has 3 aromatic rings. The van der Waals surface area contributed by atoms with E-state index in [1.165, 1.54) is 11.0 Å². The van der Waals surface area contributed by atoms with Crippen molar-refractivity contribution in [3.05, 3.63) is 78.5 Å². The lowest BCUT2D eigenvalue weighted by Crippen LogP contribution is -2.30. The number of aromatic nitrogens is 1. The number of rotatable bonds is 5. The number of benzene rings is 2. The Balaban J connectivity index is 1.60. The van der Waals surface area contributed by atoms with Crippen LogP contribution < -0.4 is 4.90 Å². The highest BCUT2D eigenvalue weighted by Gasteiger charge is 2.12. The minimum Gasteiger partial charge on any atom is -0.452 e. The van der Waals surface area contributed by atoms with Gasteiger partial charge in [0.2, 0.25) is 0 Å². The summed E-state index contributed by atoms with van der Waals surface area (Å²) in [6.45, 7) is -0.317. The molecule has 0 saturated carbocycles. The van der Waals surface area contributed by atoms with Gasteiger partial charge in [-0.3, -0.25) is 9.78 Å². The minimum atomic E-state index is -0.576. The smallest absolute Gasteiger partial charge is 0.331 e. The first-order chi connectivity index (χ1) is 12.6. The quantitative estimate of drug-likeness (QED) is 0.524. The van der Waals surface area contributed by atoms with Gasteiger partial charge in [0, 0.05) is 36.0 Å². The van der Waals surface area contributed by atoms with Gasteiger partial charge in [-0.05, 0) is 24.3 Å². The molecule has 0 fully saturated rings. The SMILES string of the molecule is CN(C(=O)COC(=O)/C=C\c1cccc2cccnc12)c1ccccc1. The summed E-state index contributed by atoms with van der Waals surface area (Å²) in [4.78, 5) is 29.8. The summed E-state index contributed by atoms with van der Waals surface area (Å²) in [6, 6.07) is 18.7. The van der Waals surface area contributed by atoms with E-state index in [0.717, 1.165) is 22.2 Å². The van der Waals surface area contributed by atoms with Gasteiger partial charge in [0.25, 0.3) is 5.91 Å². The van der Waals surface area contributed by atoms with Crippen molar-refractivity contribution >= 4 is 34.5 Å². The van der Waals surface area contributed by atoms with Gasteiger partial charge in [-0.25, -0.2) is 4.79 Å². The third-order valence-corrected chi connectivity index (χ3v) is 3.92. The number of nitrogens with zero attached hydrogens (tertiary/aromatic N) is 2. The average molecular weight is 346 g/mol. The fraction of sp³-hybridized carbons (Fsp3) is 0.0952. The van der Waals surface area contributed by atoms with Crippen molar-refractivity contribution < 1.29 is 14.3 Å². The Hall–Kier alpha value is -3.47. The maximum absolute atomic E-state index is 12.1. The summed E-state index contributed by atoms with van der Waals surface area (Å²) < 4.78 is 5.04. The van der Waals surface area contributed by atoms with Gasteiger partial charge >= 0.3 is 5.97 Å². The van der Waals surface area contributed by atoms with Crippen LogP contribution in [0.5, 0.6) is 0 Å². The van der Waals surface area contributed by atoms with Crippen LogP contribution in [-0.2, 0) is 14.3 Å². The van der Waals surface area contributed by atoms with Crippen molar-refractivity contribution in [3.63, 3.8) is 0 Å². The summed E-state index contributed by atoms with van der Waals surface area (Å²) in [5, 5.41) is 0.989. The molecule has 0 aliphatic heterocycles. The van der Waals surface area contributed by atoms with Gasteiger partial charge in [-0.1, -0.05) is 42.5 Å². The van der Waals surface area contributed by atoms with Crippen molar-refractivity contribution in [1.29, 1.82) is 0 Å². The van der Waals surface area contributed by atoms with E-state index < -0.39 is 5.97 Å². The molecule has 0 unspecified atom stereocenters. The van der Waals surface area contributed by atoms with E-state index in [4.69, 9.17) is 4.74 Å². The number of carbonyl (C=O) groups excluding carboxylic acids is 2. The monoisotopic (exact) mass is 346 g/mol. The van der Waals surface area contributed by atoms with Crippen LogP contribution in [0.25, 0.3) is 17.0 Å². The standard InChI is InChI=1S/C21H18N2O3/c1-23(18-10-3-2-4-11-18)19(24)15-26-20(25)13-12-17-8-5-7-16-9-6-14-22-21(16)17/h2-14H,15H2,1H3/b13-12-. The van der Waals surface area contributed by atoms with Crippen LogP contribution in [0.3, 0.4) is 0 Å². The molecular weight excluding hydrogens is 328 g/mol. The normalized spacial score (nSPS) is 10.8. The Morgan fingerprint density at radius 3 is 2.62 bits per heavy atom. The molecule has 0 saturated heterocycles. The number of para-hydroxylation sites is 2. The molecule has 3 rings (SSSR count). The van der Waals surface area contributed by atoms with Gasteiger partial charge in [0.05, 0.1) is 5.52 Å². The molecule has 0 N–H and O–H groups in total. The molecule has 1 aromatic heterocycles. The van der Waals surface area contributed by atoms with Crippen LogP contribution >= 0.6 is 0 Å². The highest BCUT2D eigenvalue weighted by molar-refractivity contribution is 5.97. The first kappa shape index (κ1) is 17.4. The van der Waals surface area contributed by atoms with Gasteiger partial charge in [0.1, 0.15) is 0 Å². The van der Waals surface area contributed by atoms with E-state index in [1.54, 1.807) is 19.3 Å². The van der Waals surface area contributed by atoms with Crippen molar-refractivity contribution in [1.82, 2.24) is 4.98 Å². The highest BCUT2D eigenvalue weighted by atomic mass is 16.5. The van der Waals surface area contributed by atoms with Crippen molar-refractivity contribution in [2.75, 3.05) is 18.6 Å². The van der Waals surface area contributed by atoms with Gasteiger partial charge in [-0.15, -0.1) is 0 Å². The third-order valence-electron chi connectivity index (χ3n) is 3.92. The molecular formula is C21H18N2O3. The Bertz CT molecular complexity index is 946. The predicted octanol–water partition coefficient (Wildman–Crippen LogP) is 3.45. The number of amides is 1. The summed E-state index contributed by atoms with van der Waals surface area (Å²) >= 11 is 0. The zero-order chi connectivity index (χ0) is 18.4. The average Bonchev–Trinajstić information content (AvgIpc) is 2.70. The van der Waals surface area contributed by atoms with E-state index >= 15 is 0 Å². The second kappa shape index (κ2) is 8.07. The Labute approximate surface area is 151 Å². The van der Waals surface area contributed by atoms with E-state index in [2.05, 4.69) is 4.98 Å². The summed E-state index contributed by atoms with van der Waals surface area (Å²) in [5.74, 6) is -0.877. The van der Waals surface area contributed by atoms with Crippen molar-refractivity contribution in [2.24, 2.45) is 0 Å². The molecule has 0 spiro atoms. The van der Waals surface area contributed by atoms with Crippen LogP contribution in [0.2, 0.25) is 0 Å². The largest absolute Gasteiger partial charge is 0.452 e. The molecule has 2 aromatic carbocycles. The molecule has 130 valence electrons. The summed E-state index contributed by atoms with van der Waals surface area (Å²) in [6.07, 6.45) is 4.65. The summed E-state index contributed by atoms with van der Waals surface area (Å²) in [5.41, 5.74) is 2.36. The lowest BCUT2D eigenvalue weighted by molar-refractivity contribution is -0.142. The van der Waals surface area contributed by atoms with Crippen LogP contribution in [-0.4, -0.2) is 30.5 Å². The van der Waals surface area contributed by atoms with Gasteiger partial charge in [0.15, 0.2) is 6.61 Å². The molecule has 26 heavy (non-hydrogen) atoms. The molecule has 5 nitrogen and oxygen atoms in total. The molecule has 0 atom stereocenters. The number of pyridine rings is 1. The fourth-order valence-corrected chi connectivity index (χ4v) is 2.49. The Morgan fingerprint density at radius 2 is 1.81 bits per heavy atom. The van der Waals surface area contributed by atoms with E-state index in [9.17, 15) is 9.59 Å². The highest BCUT2D eigenvalue weighted by Crippen LogP contribution is 2.17.